The number of hydrogen-bond acceptors (Lipinski definition) is 2. The number of carboxylic acids is 1. The van der Waals surface area contributed by atoms with Crippen molar-refractivity contribution in [2.45, 2.75) is 19.3 Å². The lowest BCUT2D eigenvalue weighted by Crippen LogP contribution is -2.54. The highest BCUT2D eigenvalue weighted by Gasteiger charge is 2.30. The molecule has 7 heteroatoms. The number of amides is 2. The topological polar surface area (TPSA) is 69.6 Å². The van der Waals surface area contributed by atoms with E-state index in [1.54, 1.807) is 11.0 Å². The van der Waals surface area contributed by atoms with Gasteiger partial charge in [-0.25, -0.2) is 13.6 Å². The summed E-state index contributed by atoms with van der Waals surface area (Å²) in [6, 6.07) is 3.62. The number of carbonyl (C=O) groups is 2. The molecule has 0 radical (unpaired) electrons. The largest absolute Gasteiger partial charge is 0.481 e. The van der Waals surface area contributed by atoms with Crippen LogP contribution in [-0.2, 0) is 11.2 Å². The molecule has 1 heterocycles. The number of carboxylic acid groups (broad SMARTS) is 1. The fourth-order valence-corrected chi connectivity index (χ4v) is 2.41. The summed E-state index contributed by atoms with van der Waals surface area (Å²) in [6.45, 7) is 1.45. The van der Waals surface area contributed by atoms with Crippen molar-refractivity contribution in [1.29, 1.82) is 0 Å². The summed E-state index contributed by atoms with van der Waals surface area (Å²) in [7, 11) is 0. The molecule has 1 aromatic carbocycles. The first-order chi connectivity index (χ1) is 10.5. The number of likely N-dealkylation sites (tertiary alicyclic amines) is 1. The highest BCUT2D eigenvalue weighted by atomic mass is 19.2. The van der Waals surface area contributed by atoms with Gasteiger partial charge in [0.1, 0.15) is 0 Å². The number of halogens is 2. The SMILES string of the molecule is O=C(O)CCCNC(=O)N1CC(Cc2ccc(F)c(F)c2)C1. The van der Waals surface area contributed by atoms with Gasteiger partial charge in [-0.2, -0.15) is 0 Å². The Balaban J connectivity index is 1.67. The van der Waals surface area contributed by atoms with E-state index in [0.29, 0.717) is 38.0 Å². The van der Waals surface area contributed by atoms with E-state index in [1.165, 1.54) is 6.07 Å². The monoisotopic (exact) mass is 312 g/mol. The zero-order valence-electron chi connectivity index (χ0n) is 12.0. The van der Waals surface area contributed by atoms with Gasteiger partial charge in [0.25, 0.3) is 0 Å². The van der Waals surface area contributed by atoms with Gasteiger partial charge in [0.2, 0.25) is 0 Å². The second kappa shape index (κ2) is 7.20. The van der Waals surface area contributed by atoms with Crippen LogP contribution < -0.4 is 5.32 Å². The van der Waals surface area contributed by atoms with Gasteiger partial charge >= 0.3 is 12.0 Å². The lowest BCUT2D eigenvalue weighted by atomic mass is 9.92. The van der Waals surface area contributed by atoms with Crippen molar-refractivity contribution in [2.75, 3.05) is 19.6 Å². The molecule has 1 aliphatic heterocycles. The van der Waals surface area contributed by atoms with E-state index < -0.39 is 17.6 Å². The van der Waals surface area contributed by atoms with Crippen LogP contribution >= 0.6 is 0 Å². The van der Waals surface area contributed by atoms with Crippen LogP contribution in [0.2, 0.25) is 0 Å². The van der Waals surface area contributed by atoms with Gasteiger partial charge in [-0.05, 0) is 36.5 Å². The first kappa shape index (κ1) is 16.2. The normalized spacial score (nSPS) is 14.5. The quantitative estimate of drug-likeness (QED) is 0.790. The number of benzene rings is 1. The number of hydrogen-bond donors (Lipinski definition) is 2. The predicted molar refractivity (Wildman–Crippen MR) is 75.4 cm³/mol. The number of urea groups is 1. The molecular formula is C15H18F2N2O3. The van der Waals surface area contributed by atoms with Crippen LogP contribution in [0, 0.1) is 17.6 Å². The van der Waals surface area contributed by atoms with Gasteiger partial charge in [-0.15, -0.1) is 0 Å². The molecule has 2 N–H and O–H groups in total. The van der Waals surface area contributed by atoms with Gasteiger partial charge in [-0.1, -0.05) is 6.07 Å². The summed E-state index contributed by atoms with van der Waals surface area (Å²) in [5.74, 6) is -2.37. The molecule has 2 rings (SSSR count). The van der Waals surface area contributed by atoms with E-state index in [1.807, 2.05) is 0 Å². The zero-order valence-corrected chi connectivity index (χ0v) is 12.0. The van der Waals surface area contributed by atoms with Crippen LogP contribution in [0.3, 0.4) is 0 Å². The number of nitrogens with one attached hydrogen (secondary N) is 1. The average Bonchev–Trinajstić information content (AvgIpc) is 2.42. The molecule has 1 aliphatic rings. The van der Waals surface area contributed by atoms with Crippen LogP contribution in [-0.4, -0.2) is 41.6 Å². The van der Waals surface area contributed by atoms with Gasteiger partial charge in [0.15, 0.2) is 11.6 Å². The molecule has 2 amide bonds. The minimum absolute atomic E-state index is 0.0268. The van der Waals surface area contributed by atoms with E-state index in [0.717, 1.165) is 6.07 Å². The third-order valence-electron chi connectivity index (χ3n) is 3.60. The summed E-state index contributed by atoms with van der Waals surface area (Å²) in [4.78, 5) is 23.7. The molecule has 22 heavy (non-hydrogen) atoms. The molecule has 0 spiro atoms. The van der Waals surface area contributed by atoms with Crippen molar-refractivity contribution in [3.05, 3.63) is 35.4 Å². The molecule has 0 saturated carbocycles. The van der Waals surface area contributed by atoms with Crippen LogP contribution in [0.25, 0.3) is 0 Å². The Labute approximate surface area is 126 Å². The summed E-state index contributed by atoms with van der Waals surface area (Å²) < 4.78 is 25.9. The van der Waals surface area contributed by atoms with Crippen molar-refractivity contribution >= 4 is 12.0 Å². The van der Waals surface area contributed by atoms with Crippen molar-refractivity contribution < 1.29 is 23.5 Å². The lowest BCUT2D eigenvalue weighted by Gasteiger charge is -2.39. The molecule has 0 aromatic heterocycles. The Bertz CT molecular complexity index is 560. The fourth-order valence-electron chi connectivity index (χ4n) is 2.41. The van der Waals surface area contributed by atoms with Gasteiger partial charge in [0, 0.05) is 26.1 Å². The summed E-state index contributed by atoms with van der Waals surface area (Å²) in [5.41, 5.74) is 0.713. The van der Waals surface area contributed by atoms with E-state index >= 15 is 0 Å². The number of carbonyl (C=O) groups excluding carboxylic acids is 1. The summed E-state index contributed by atoms with van der Waals surface area (Å²) in [5, 5.41) is 11.1. The Kier molecular flexibility index (Phi) is 5.30. The molecule has 0 bridgehead atoms. The second-order valence-electron chi connectivity index (χ2n) is 5.45. The van der Waals surface area contributed by atoms with E-state index in [2.05, 4.69) is 5.32 Å². The van der Waals surface area contributed by atoms with Gasteiger partial charge in [-0.3, -0.25) is 4.79 Å². The van der Waals surface area contributed by atoms with E-state index in [-0.39, 0.29) is 18.4 Å². The predicted octanol–water partition coefficient (Wildman–Crippen LogP) is 2.01. The minimum atomic E-state index is -0.884. The third kappa shape index (κ3) is 4.41. The van der Waals surface area contributed by atoms with Crippen molar-refractivity contribution in [1.82, 2.24) is 10.2 Å². The molecule has 0 aliphatic carbocycles. The maximum atomic E-state index is 13.1. The molecule has 120 valence electrons. The zero-order chi connectivity index (χ0) is 16.1. The smallest absolute Gasteiger partial charge is 0.317 e. The molecule has 1 saturated heterocycles. The number of rotatable bonds is 6. The Morgan fingerprint density at radius 3 is 2.64 bits per heavy atom. The first-order valence-electron chi connectivity index (χ1n) is 7.14. The molecule has 1 fully saturated rings. The highest BCUT2D eigenvalue weighted by molar-refractivity contribution is 5.75. The fraction of sp³-hybridized carbons (Fsp3) is 0.467. The second-order valence-corrected chi connectivity index (χ2v) is 5.45. The van der Waals surface area contributed by atoms with E-state index in [9.17, 15) is 18.4 Å². The molecule has 0 atom stereocenters. The van der Waals surface area contributed by atoms with Crippen molar-refractivity contribution in [3.63, 3.8) is 0 Å². The highest BCUT2D eigenvalue weighted by Crippen LogP contribution is 2.21. The number of nitrogens with zero attached hydrogens (tertiary/aromatic N) is 1. The van der Waals surface area contributed by atoms with Crippen LogP contribution in [0.4, 0.5) is 13.6 Å². The maximum Gasteiger partial charge on any atom is 0.317 e. The van der Waals surface area contributed by atoms with Gasteiger partial charge < -0.3 is 15.3 Å². The Morgan fingerprint density at radius 1 is 1.27 bits per heavy atom. The lowest BCUT2D eigenvalue weighted by molar-refractivity contribution is -0.137. The minimum Gasteiger partial charge on any atom is -0.481 e. The molecular weight excluding hydrogens is 294 g/mol. The number of aliphatic carboxylic acids is 1. The maximum absolute atomic E-state index is 13.1. The van der Waals surface area contributed by atoms with Crippen LogP contribution in [0.1, 0.15) is 18.4 Å². The molecule has 1 aromatic rings. The van der Waals surface area contributed by atoms with Gasteiger partial charge in [0.05, 0.1) is 0 Å². The van der Waals surface area contributed by atoms with E-state index in [4.69, 9.17) is 5.11 Å². The Morgan fingerprint density at radius 2 is 2.00 bits per heavy atom. The third-order valence-corrected chi connectivity index (χ3v) is 3.60. The van der Waals surface area contributed by atoms with Crippen LogP contribution in [0.5, 0.6) is 0 Å². The summed E-state index contributed by atoms with van der Waals surface area (Å²) >= 11 is 0. The van der Waals surface area contributed by atoms with Crippen molar-refractivity contribution in [3.8, 4) is 0 Å². The average molecular weight is 312 g/mol. The summed E-state index contributed by atoms with van der Waals surface area (Å²) in [6.07, 6.45) is 1.02. The standard InChI is InChI=1S/C15H18F2N2O3/c16-12-4-3-10(7-13(12)17)6-11-8-19(9-11)15(22)18-5-1-2-14(20)21/h3-4,7,11H,1-2,5-6,8-9H2,(H,18,22)(H,20,21). The van der Waals surface area contributed by atoms with Crippen molar-refractivity contribution in [2.24, 2.45) is 5.92 Å². The molecule has 0 unspecified atom stereocenters. The Hall–Kier alpha value is -2.18. The first-order valence-corrected chi connectivity index (χ1v) is 7.14. The van der Waals surface area contributed by atoms with Crippen LogP contribution in [0.15, 0.2) is 18.2 Å². The molecule has 5 nitrogen and oxygen atoms in total.